The van der Waals surface area contributed by atoms with Crippen molar-refractivity contribution >= 4 is 44.1 Å². The third kappa shape index (κ3) is 4.02. The summed E-state index contributed by atoms with van der Waals surface area (Å²) in [4.78, 5) is 32.5. The molecule has 1 aliphatic heterocycles. The molecule has 1 fully saturated rings. The number of halogens is 1. The molecule has 5 rings (SSSR count). The Morgan fingerprint density at radius 3 is 2.34 bits per heavy atom. The van der Waals surface area contributed by atoms with E-state index in [0.29, 0.717) is 21.3 Å². The quantitative estimate of drug-likeness (QED) is 0.208. The second kappa shape index (κ2) is 8.43. The zero-order valence-corrected chi connectivity index (χ0v) is 20.3. The van der Waals surface area contributed by atoms with Crippen molar-refractivity contribution in [1.82, 2.24) is 4.98 Å². The fourth-order valence-corrected chi connectivity index (χ4v) is 5.27. The summed E-state index contributed by atoms with van der Waals surface area (Å²) in [5, 5.41) is 11.4. The van der Waals surface area contributed by atoms with Gasteiger partial charge in [0.25, 0.3) is 5.78 Å². The first-order valence-corrected chi connectivity index (χ1v) is 12.0. The molecule has 1 N–H and O–H groups in total. The van der Waals surface area contributed by atoms with E-state index in [0.717, 1.165) is 16.9 Å². The summed E-state index contributed by atoms with van der Waals surface area (Å²) in [7, 11) is 0. The van der Waals surface area contributed by atoms with Gasteiger partial charge in [-0.25, -0.2) is 9.37 Å². The highest BCUT2D eigenvalue weighted by Gasteiger charge is 2.48. The molecule has 0 bridgehead atoms. The molecular formula is C28H23FN2O3S. The maximum Gasteiger partial charge on any atom is 0.301 e. The van der Waals surface area contributed by atoms with Crippen LogP contribution < -0.4 is 4.90 Å². The first kappa shape index (κ1) is 22.9. The Morgan fingerprint density at radius 1 is 1.00 bits per heavy atom. The summed E-state index contributed by atoms with van der Waals surface area (Å²) in [5.41, 5.74) is 2.64. The van der Waals surface area contributed by atoms with E-state index in [4.69, 9.17) is 0 Å². The molecule has 5 nitrogen and oxygen atoms in total. The lowest BCUT2D eigenvalue weighted by Crippen LogP contribution is -2.29. The predicted molar refractivity (Wildman–Crippen MR) is 136 cm³/mol. The molecule has 0 aliphatic carbocycles. The Morgan fingerprint density at radius 2 is 1.69 bits per heavy atom. The first-order chi connectivity index (χ1) is 16.6. The molecule has 1 aliphatic rings. The number of fused-ring (bicyclic) bond motifs is 1. The highest BCUT2D eigenvalue weighted by atomic mass is 32.1. The van der Waals surface area contributed by atoms with Crippen molar-refractivity contribution in [1.29, 1.82) is 0 Å². The van der Waals surface area contributed by atoms with E-state index in [9.17, 15) is 19.1 Å². The molecule has 4 aromatic rings. The number of nitrogens with zero attached hydrogens (tertiary/aromatic N) is 2. The minimum absolute atomic E-state index is 0.00450. The highest BCUT2D eigenvalue weighted by molar-refractivity contribution is 7.22. The standard InChI is InChI=1S/C28H23FN2O3S/c1-28(2,3)18-11-9-16(10-12-18)23-22(24(32)17-7-5-4-6-8-17)25(33)26(34)31(23)27-30-20-14-13-19(29)15-21(20)35-27/h4-15,23,32H,1-3H3. The molecule has 0 radical (unpaired) electrons. The van der Waals surface area contributed by atoms with Crippen LogP contribution in [-0.2, 0) is 15.0 Å². The molecule has 1 saturated heterocycles. The van der Waals surface area contributed by atoms with Crippen LogP contribution in [-0.4, -0.2) is 21.8 Å². The monoisotopic (exact) mass is 486 g/mol. The van der Waals surface area contributed by atoms with Gasteiger partial charge in [0.15, 0.2) is 5.13 Å². The largest absolute Gasteiger partial charge is 0.507 e. The first-order valence-electron chi connectivity index (χ1n) is 11.2. The van der Waals surface area contributed by atoms with Gasteiger partial charge >= 0.3 is 5.91 Å². The van der Waals surface area contributed by atoms with Gasteiger partial charge in [-0.05, 0) is 34.7 Å². The van der Waals surface area contributed by atoms with E-state index in [1.807, 2.05) is 24.3 Å². The molecule has 0 spiro atoms. The Labute approximate surface area is 206 Å². The molecule has 3 aromatic carbocycles. The lowest BCUT2D eigenvalue weighted by Gasteiger charge is -2.24. The van der Waals surface area contributed by atoms with Crippen molar-refractivity contribution in [2.24, 2.45) is 0 Å². The second-order valence-electron chi connectivity index (χ2n) is 9.52. The van der Waals surface area contributed by atoms with Crippen molar-refractivity contribution in [2.75, 3.05) is 4.90 Å². The van der Waals surface area contributed by atoms with Gasteiger partial charge in [0.2, 0.25) is 0 Å². The molecule has 1 atom stereocenters. The number of ketones is 1. The fourth-order valence-electron chi connectivity index (χ4n) is 4.25. The van der Waals surface area contributed by atoms with Crippen LogP contribution in [0, 0.1) is 5.82 Å². The van der Waals surface area contributed by atoms with Gasteiger partial charge in [0, 0.05) is 5.56 Å². The lowest BCUT2D eigenvalue weighted by atomic mass is 9.85. The Hall–Kier alpha value is -3.84. The summed E-state index contributed by atoms with van der Waals surface area (Å²) in [6.07, 6.45) is 0. The van der Waals surface area contributed by atoms with Crippen molar-refractivity contribution in [3.05, 3.63) is 101 Å². The van der Waals surface area contributed by atoms with Crippen LogP contribution in [0.15, 0.2) is 78.4 Å². The van der Waals surface area contributed by atoms with Crippen molar-refractivity contribution in [3.63, 3.8) is 0 Å². The number of aliphatic hydroxyl groups excluding tert-OH is 1. The maximum atomic E-state index is 13.8. The number of anilines is 1. The van der Waals surface area contributed by atoms with E-state index >= 15 is 0 Å². The van der Waals surface area contributed by atoms with Crippen LogP contribution >= 0.6 is 11.3 Å². The number of carbonyl (C=O) groups is 2. The Bertz CT molecular complexity index is 1480. The van der Waals surface area contributed by atoms with E-state index in [2.05, 4.69) is 25.8 Å². The highest BCUT2D eigenvalue weighted by Crippen LogP contribution is 2.44. The zero-order valence-electron chi connectivity index (χ0n) is 19.4. The van der Waals surface area contributed by atoms with Crippen LogP contribution in [0.25, 0.3) is 16.0 Å². The van der Waals surface area contributed by atoms with E-state index in [-0.39, 0.29) is 21.9 Å². The van der Waals surface area contributed by atoms with Crippen molar-refractivity contribution in [3.8, 4) is 0 Å². The van der Waals surface area contributed by atoms with Gasteiger partial charge < -0.3 is 5.11 Å². The van der Waals surface area contributed by atoms with Crippen LogP contribution in [0.5, 0.6) is 0 Å². The molecule has 35 heavy (non-hydrogen) atoms. The lowest BCUT2D eigenvalue weighted by molar-refractivity contribution is -0.132. The minimum Gasteiger partial charge on any atom is -0.507 e. The molecule has 1 aromatic heterocycles. The second-order valence-corrected chi connectivity index (χ2v) is 10.5. The van der Waals surface area contributed by atoms with Gasteiger partial charge in [-0.3, -0.25) is 14.5 Å². The van der Waals surface area contributed by atoms with Gasteiger partial charge in [0.05, 0.1) is 21.8 Å². The van der Waals surface area contributed by atoms with Crippen LogP contribution in [0.4, 0.5) is 9.52 Å². The number of thiazole rings is 1. The number of benzene rings is 3. The molecule has 176 valence electrons. The Kier molecular flexibility index (Phi) is 5.52. The number of hydrogen-bond acceptors (Lipinski definition) is 5. The van der Waals surface area contributed by atoms with Crippen LogP contribution in [0.2, 0.25) is 0 Å². The fraction of sp³-hybridized carbons (Fsp3) is 0.179. The normalized spacial score (nSPS) is 17.9. The average Bonchev–Trinajstić information content (AvgIpc) is 3.36. The minimum atomic E-state index is -0.880. The average molecular weight is 487 g/mol. The number of carbonyl (C=O) groups excluding carboxylic acids is 2. The third-order valence-corrected chi connectivity index (χ3v) is 7.15. The van der Waals surface area contributed by atoms with E-state index < -0.39 is 23.5 Å². The van der Waals surface area contributed by atoms with Gasteiger partial charge in [-0.1, -0.05) is 86.7 Å². The number of rotatable bonds is 3. The molecule has 2 heterocycles. The number of aromatic nitrogens is 1. The smallest absolute Gasteiger partial charge is 0.301 e. The van der Waals surface area contributed by atoms with Crippen molar-refractivity contribution < 1.29 is 19.1 Å². The topological polar surface area (TPSA) is 70.5 Å². The van der Waals surface area contributed by atoms with E-state index in [1.165, 1.54) is 17.0 Å². The van der Waals surface area contributed by atoms with Crippen LogP contribution in [0.1, 0.15) is 43.5 Å². The van der Waals surface area contributed by atoms with E-state index in [1.54, 1.807) is 36.4 Å². The number of Topliss-reactive ketones (excluding diaryl/α,β-unsaturated/α-hetero) is 1. The summed E-state index contributed by atoms with van der Waals surface area (Å²) in [5.74, 6) is -2.23. The maximum absolute atomic E-state index is 13.8. The Balaban J connectivity index is 1.72. The summed E-state index contributed by atoms with van der Waals surface area (Å²) in [6, 6.07) is 19.7. The molecule has 1 unspecified atom stereocenters. The van der Waals surface area contributed by atoms with Crippen LogP contribution in [0.3, 0.4) is 0 Å². The summed E-state index contributed by atoms with van der Waals surface area (Å²) >= 11 is 1.13. The number of hydrogen-bond donors (Lipinski definition) is 1. The number of amides is 1. The number of aliphatic hydroxyl groups is 1. The van der Waals surface area contributed by atoms with Gasteiger partial charge in [-0.2, -0.15) is 0 Å². The van der Waals surface area contributed by atoms with Crippen molar-refractivity contribution in [2.45, 2.75) is 32.2 Å². The summed E-state index contributed by atoms with van der Waals surface area (Å²) in [6.45, 7) is 6.30. The SMILES string of the molecule is CC(C)(C)c1ccc(C2C(=C(O)c3ccccc3)C(=O)C(=O)N2c2nc3ccc(F)cc3s2)cc1. The zero-order chi connectivity index (χ0) is 24.9. The molecule has 7 heteroatoms. The molecule has 1 amide bonds. The molecular weight excluding hydrogens is 463 g/mol. The van der Waals surface area contributed by atoms with Gasteiger partial charge in [0.1, 0.15) is 11.6 Å². The predicted octanol–water partition coefficient (Wildman–Crippen LogP) is 6.36. The summed E-state index contributed by atoms with van der Waals surface area (Å²) < 4.78 is 14.4. The molecule has 0 saturated carbocycles. The van der Waals surface area contributed by atoms with Gasteiger partial charge in [-0.15, -0.1) is 0 Å². The third-order valence-electron chi connectivity index (χ3n) is 6.13.